The topological polar surface area (TPSA) is 50.6 Å². The van der Waals surface area contributed by atoms with Crippen LogP contribution in [-0.2, 0) is 4.79 Å². The molecule has 4 heteroatoms. The molecule has 128 valence electrons. The number of fused-ring (bicyclic) bond motifs is 1. The molecule has 25 heavy (non-hydrogen) atoms. The van der Waals surface area contributed by atoms with Crippen molar-refractivity contribution < 1.29 is 9.59 Å². The summed E-state index contributed by atoms with van der Waals surface area (Å²) < 4.78 is 1.79. The van der Waals surface area contributed by atoms with Gasteiger partial charge < -0.3 is 9.72 Å². The monoisotopic (exact) mass is 334 g/mol. The predicted molar refractivity (Wildman–Crippen MR) is 99.7 cm³/mol. The van der Waals surface area contributed by atoms with E-state index < -0.39 is 11.7 Å². The number of nitrogens with one attached hydrogen (secondary N) is 1. The molecule has 0 aliphatic heterocycles. The lowest BCUT2D eigenvalue weighted by atomic mass is 10.0. The van der Waals surface area contributed by atoms with Crippen molar-refractivity contribution in [1.29, 1.82) is 0 Å². The van der Waals surface area contributed by atoms with Gasteiger partial charge in [0.25, 0.3) is 11.7 Å². The standard InChI is InChI=1S/C21H22N2O2/c1-3-9-15(2)22-21(25)20(24)19-18(16-10-5-4-6-11-16)14-17-12-7-8-13-23(17)19/h4-8,10-15H,3,9H2,1-2H3,(H,22,25)/t15-/m1/s1. The lowest BCUT2D eigenvalue weighted by Gasteiger charge is -2.12. The maximum atomic E-state index is 12.9. The van der Waals surface area contributed by atoms with E-state index in [0.717, 1.165) is 29.5 Å². The van der Waals surface area contributed by atoms with Crippen molar-refractivity contribution in [2.24, 2.45) is 0 Å². The molecule has 3 rings (SSSR count). The van der Waals surface area contributed by atoms with E-state index >= 15 is 0 Å². The number of carbonyl (C=O) groups excluding carboxylic acids is 2. The van der Waals surface area contributed by atoms with Crippen LogP contribution in [0.4, 0.5) is 0 Å². The van der Waals surface area contributed by atoms with Crippen LogP contribution >= 0.6 is 0 Å². The van der Waals surface area contributed by atoms with Crippen LogP contribution in [0.1, 0.15) is 37.2 Å². The van der Waals surface area contributed by atoms with Crippen LogP contribution in [-0.4, -0.2) is 22.1 Å². The average molecular weight is 334 g/mol. The number of nitrogens with zero attached hydrogens (tertiary/aromatic N) is 1. The normalized spacial score (nSPS) is 12.1. The highest BCUT2D eigenvalue weighted by molar-refractivity contribution is 6.43. The molecule has 0 spiro atoms. The Labute approximate surface area is 147 Å². The number of hydrogen-bond acceptors (Lipinski definition) is 2. The fraction of sp³-hybridized carbons (Fsp3) is 0.238. The smallest absolute Gasteiger partial charge is 0.294 e. The van der Waals surface area contributed by atoms with Gasteiger partial charge >= 0.3 is 0 Å². The Morgan fingerprint density at radius 3 is 2.52 bits per heavy atom. The van der Waals surface area contributed by atoms with Crippen molar-refractivity contribution in [3.8, 4) is 11.1 Å². The summed E-state index contributed by atoms with van der Waals surface area (Å²) in [6, 6.07) is 17.3. The molecule has 0 saturated carbocycles. The van der Waals surface area contributed by atoms with Crippen molar-refractivity contribution >= 4 is 17.2 Å². The second-order valence-electron chi connectivity index (χ2n) is 6.26. The minimum atomic E-state index is -0.554. The third-order valence-electron chi connectivity index (χ3n) is 4.28. The van der Waals surface area contributed by atoms with Gasteiger partial charge in [0.05, 0.1) is 0 Å². The number of benzene rings is 1. The number of hydrogen-bond donors (Lipinski definition) is 1. The van der Waals surface area contributed by atoms with Gasteiger partial charge in [-0.25, -0.2) is 0 Å². The summed E-state index contributed by atoms with van der Waals surface area (Å²) in [6.45, 7) is 3.97. The van der Waals surface area contributed by atoms with E-state index in [1.807, 2.05) is 67.7 Å². The van der Waals surface area contributed by atoms with Crippen LogP contribution < -0.4 is 5.32 Å². The molecular weight excluding hydrogens is 312 g/mol. The van der Waals surface area contributed by atoms with Crippen molar-refractivity contribution in [2.45, 2.75) is 32.7 Å². The molecule has 0 unspecified atom stereocenters. The van der Waals surface area contributed by atoms with Crippen LogP contribution in [0.2, 0.25) is 0 Å². The molecular formula is C21H22N2O2. The molecule has 0 saturated heterocycles. The zero-order valence-electron chi connectivity index (χ0n) is 14.5. The first kappa shape index (κ1) is 17.0. The molecule has 3 aromatic rings. The van der Waals surface area contributed by atoms with Gasteiger partial charge in [-0.1, -0.05) is 49.7 Å². The van der Waals surface area contributed by atoms with E-state index in [-0.39, 0.29) is 6.04 Å². The first-order valence-corrected chi connectivity index (χ1v) is 8.62. The second kappa shape index (κ2) is 7.34. The summed E-state index contributed by atoms with van der Waals surface area (Å²) in [7, 11) is 0. The Kier molecular flexibility index (Phi) is 4.98. The molecule has 0 aliphatic rings. The highest BCUT2D eigenvalue weighted by Gasteiger charge is 2.25. The molecule has 2 heterocycles. The van der Waals surface area contributed by atoms with Crippen LogP contribution in [0, 0.1) is 0 Å². The molecule has 1 atom stereocenters. The van der Waals surface area contributed by atoms with Gasteiger partial charge in [0, 0.05) is 23.3 Å². The number of rotatable bonds is 6. The van der Waals surface area contributed by atoms with Gasteiger partial charge in [-0.2, -0.15) is 0 Å². The number of ketones is 1. The Balaban J connectivity index is 2.05. The minimum absolute atomic E-state index is 0.0205. The predicted octanol–water partition coefficient (Wildman–Crippen LogP) is 4.09. The van der Waals surface area contributed by atoms with Crippen LogP contribution in [0.3, 0.4) is 0 Å². The minimum Gasteiger partial charge on any atom is -0.347 e. The molecule has 0 bridgehead atoms. The van der Waals surface area contributed by atoms with Crippen molar-refractivity contribution in [3.63, 3.8) is 0 Å². The summed E-state index contributed by atoms with van der Waals surface area (Å²) in [5.74, 6) is -1.06. The first-order valence-electron chi connectivity index (χ1n) is 8.62. The van der Waals surface area contributed by atoms with Gasteiger partial charge in [-0.15, -0.1) is 0 Å². The van der Waals surface area contributed by atoms with E-state index in [9.17, 15) is 9.59 Å². The Bertz CT molecular complexity index is 897. The quantitative estimate of drug-likeness (QED) is 0.545. The fourth-order valence-electron chi connectivity index (χ4n) is 3.10. The molecule has 0 aliphatic carbocycles. The highest BCUT2D eigenvalue weighted by Crippen LogP contribution is 2.28. The third-order valence-corrected chi connectivity index (χ3v) is 4.28. The average Bonchev–Trinajstić information content (AvgIpc) is 3.01. The summed E-state index contributed by atoms with van der Waals surface area (Å²) in [4.78, 5) is 25.4. The zero-order valence-corrected chi connectivity index (χ0v) is 14.5. The molecule has 0 radical (unpaired) electrons. The van der Waals surface area contributed by atoms with Gasteiger partial charge in [0.1, 0.15) is 5.69 Å². The maximum absolute atomic E-state index is 12.9. The molecule has 1 N–H and O–H groups in total. The lowest BCUT2D eigenvalue weighted by Crippen LogP contribution is -2.38. The van der Waals surface area contributed by atoms with Crippen LogP contribution in [0.25, 0.3) is 16.6 Å². The Hall–Kier alpha value is -2.88. The van der Waals surface area contributed by atoms with E-state index in [4.69, 9.17) is 0 Å². The van der Waals surface area contributed by atoms with Crippen molar-refractivity contribution in [2.75, 3.05) is 0 Å². The molecule has 2 aromatic heterocycles. The van der Waals surface area contributed by atoms with Gasteiger partial charge in [-0.05, 0) is 37.1 Å². The second-order valence-corrected chi connectivity index (χ2v) is 6.26. The molecule has 1 aromatic carbocycles. The number of aromatic nitrogens is 1. The number of Topliss-reactive ketones (excluding diaryl/α,β-unsaturated/α-hetero) is 1. The number of amides is 1. The van der Waals surface area contributed by atoms with Crippen LogP contribution in [0.15, 0.2) is 60.8 Å². The zero-order chi connectivity index (χ0) is 17.8. The number of pyridine rings is 1. The first-order chi connectivity index (χ1) is 12.1. The van der Waals surface area contributed by atoms with Gasteiger partial charge in [-0.3, -0.25) is 9.59 Å². The third kappa shape index (κ3) is 3.48. The SMILES string of the molecule is CCC[C@@H](C)NC(=O)C(=O)c1c(-c2ccccc2)cc2ccccn12. The summed E-state index contributed by atoms with van der Waals surface area (Å²) in [5.41, 5.74) is 2.99. The highest BCUT2D eigenvalue weighted by atomic mass is 16.2. The Morgan fingerprint density at radius 2 is 1.80 bits per heavy atom. The largest absolute Gasteiger partial charge is 0.347 e. The van der Waals surface area contributed by atoms with Crippen LogP contribution in [0.5, 0.6) is 0 Å². The van der Waals surface area contributed by atoms with Gasteiger partial charge in [0.2, 0.25) is 0 Å². The van der Waals surface area contributed by atoms with Gasteiger partial charge in [0.15, 0.2) is 0 Å². The lowest BCUT2D eigenvalue weighted by molar-refractivity contribution is -0.117. The summed E-state index contributed by atoms with van der Waals surface area (Å²) >= 11 is 0. The van der Waals surface area contributed by atoms with E-state index in [1.165, 1.54) is 0 Å². The van der Waals surface area contributed by atoms with E-state index in [0.29, 0.717) is 5.69 Å². The van der Waals surface area contributed by atoms with Crippen molar-refractivity contribution in [3.05, 3.63) is 66.5 Å². The van der Waals surface area contributed by atoms with E-state index in [2.05, 4.69) is 12.2 Å². The Morgan fingerprint density at radius 1 is 1.08 bits per heavy atom. The summed E-state index contributed by atoms with van der Waals surface area (Å²) in [5, 5.41) is 2.81. The van der Waals surface area contributed by atoms with Crippen molar-refractivity contribution in [1.82, 2.24) is 9.72 Å². The molecule has 0 fully saturated rings. The molecule has 1 amide bonds. The van der Waals surface area contributed by atoms with E-state index in [1.54, 1.807) is 4.40 Å². The fourth-order valence-corrected chi connectivity index (χ4v) is 3.10. The number of carbonyl (C=O) groups is 2. The summed E-state index contributed by atoms with van der Waals surface area (Å²) in [6.07, 6.45) is 3.62. The molecule has 4 nitrogen and oxygen atoms in total. The maximum Gasteiger partial charge on any atom is 0.294 e.